The van der Waals surface area contributed by atoms with Gasteiger partial charge in [-0.05, 0) is 36.2 Å². The first kappa shape index (κ1) is 13.9. The number of anilines is 1. The zero-order valence-electron chi connectivity index (χ0n) is 11.5. The summed E-state index contributed by atoms with van der Waals surface area (Å²) < 4.78 is 5.01. The number of rotatable bonds is 5. The van der Waals surface area contributed by atoms with Crippen LogP contribution in [0.5, 0.6) is 5.88 Å². The number of aryl methyl sites for hydroxylation is 1. The minimum atomic E-state index is -0.418. The lowest BCUT2D eigenvalue weighted by Crippen LogP contribution is -2.11. The largest absolute Gasteiger partial charge is 0.481 e. The standard InChI is InChI=1S/C15H17N3O2/c1-10-7-12(15(16)19)4-5-13(10)17-8-11-3-6-14(20-2)18-9-11/h3-7,9,17H,8H2,1-2H3,(H2,16,19). The fraction of sp³-hybridized carbons (Fsp3) is 0.200. The first-order chi connectivity index (χ1) is 9.60. The van der Waals surface area contributed by atoms with Gasteiger partial charge in [0.2, 0.25) is 11.8 Å². The van der Waals surface area contributed by atoms with E-state index in [0.29, 0.717) is 18.0 Å². The number of hydrogen-bond donors (Lipinski definition) is 2. The number of nitrogens with one attached hydrogen (secondary N) is 1. The van der Waals surface area contributed by atoms with E-state index in [4.69, 9.17) is 10.5 Å². The fourth-order valence-corrected chi connectivity index (χ4v) is 1.85. The number of methoxy groups -OCH3 is 1. The molecule has 0 fully saturated rings. The van der Waals surface area contributed by atoms with Crippen molar-refractivity contribution >= 4 is 11.6 Å². The number of carbonyl (C=O) groups excluding carboxylic acids is 1. The summed E-state index contributed by atoms with van der Waals surface area (Å²) in [7, 11) is 1.59. The van der Waals surface area contributed by atoms with Gasteiger partial charge in [-0.15, -0.1) is 0 Å². The van der Waals surface area contributed by atoms with Crippen LogP contribution in [-0.4, -0.2) is 18.0 Å². The van der Waals surface area contributed by atoms with Crippen molar-refractivity contribution < 1.29 is 9.53 Å². The number of pyridine rings is 1. The third-order valence-corrected chi connectivity index (χ3v) is 3.00. The normalized spacial score (nSPS) is 10.1. The molecule has 0 radical (unpaired) electrons. The van der Waals surface area contributed by atoms with Crippen molar-refractivity contribution in [2.45, 2.75) is 13.5 Å². The van der Waals surface area contributed by atoms with Gasteiger partial charge in [0.1, 0.15) is 0 Å². The minimum absolute atomic E-state index is 0.418. The summed E-state index contributed by atoms with van der Waals surface area (Å²) in [4.78, 5) is 15.2. The summed E-state index contributed by atoms with van der Waals surface area (Å²) in [6.45, 7) is 2.58. The van der Waals surface area contributed by atoms with E-state index in [1.54, 1.807) is 25.4 Å². The van der Waals surface area contributed by atoms with Crippen molar-refractivity contribution in [3.8, 4) is 5.88 Å². The van der Waals surface area contributed by atoms with E-state index in [2.05, 4.69) is 10.3 Å². The number of nitrogens with zero attached hydrogens (tertiary/aromatic N) is 1. The van der Waals surface area contributed by atoms with Crippen LogP contribution in [0.25, 0.3) is 0 Å². The number of benzene rings is 1. The van der Waals surface area contributed by atoms with E-state index < -0.39 is 5.91 Å². The molecule has 0 bridgehead atoms. The third kappa shape index (κ3) is 3.26. The molecule has 0 aliphatic heterocycles. The lowest BCUT2D eigenvalue weighted by molar-refractivity contribution is 0.1000. The SMILES string of the molecule is COc1ccc(CNc2ccc(C(N)=O)cc2C)cn1. The van der Waals surface area contributed by atoms with Gasteiger partial charge in [0, 0.05) is 30.1 Å². The molecule has 0 atom stereocenters. The van der Waals surface area contributed by atoms with Gasteiger partial charge in [0.15, 0.2) is 0 Å². The molecule has 1 heterocycles. The lowest BCUT2D eigenvalue weighted by Gasteiger charge is -2.10. The van der Waals surface area contributed by atoms with Crippen LogP contribution in [0.1, 0.15) is 21.5 Å². The minimum Gasteiger partial charge on any atom is -0.481 e. The second kappa shape index (κ2) is 6.06. The molecule has 1 aromatic carbocycles. The van der Waals surface area contributed by atoms with Crippen LogP contribution in [0.2, 0.25) is 0 Å². The summed E-state index contributed by atoms with van der Waals surface area (Å²) in [6, 6.07) is 9.11. The molecule has 2 aromatic rings. The van der Waals surface area contributed by atoms with Crippen molar-refractivity contribution in [3.63, 3.8) is 0 Å². The highest BCUT2D eigenvalue weighted by Gasteiger charge is 2.04. The summed E-state index contributed by atoms with van der Waals surface area (Å²) in [6.07, 6.45) is 1.76. The monoisotopic (exact) mass is 271 g/mol. The molecule has 0 aliphatic rings. The van der Waals surface area contributed by atoms with E-state index in [0.717, 1.165) is 16.8 Å². The summed E-state index contributed by atoms with van der Waals surface area (Å²) >= 11 is 0. The highest BCUT2D eigenvalue weighted by molar-refractivity contribution is 5.93. The topological polar surface area (TPSA) is 77.2 Å². The van der Waals surface area contributed by atoms with Crippen molar-refractivity contribution in [2.24, 2.45) is 5.73 Å². The smallest absolute Gasteiger partial charge is 0.248 e. The molecule has 0 unspecified atom stereocenters. The van der Waals surface area contributed by atoms with Gasteiger partial charge in [0.25, 0.3) is 0 Å². The highest BCUT2D eigenvalue weighted by atomic mass is 16.5. The molecule has 1 amide bonds. The second-order valence-electron chi connectivity index (χ2n) is 4.46. The number of ether oxygens (including phenoxy) is 1. The first-order valence-electron chi connectivity index (χ1n) is 6.23. The van der Waals surface area contributed by atoms with Crippen molar-refractivity contribution in [3.05, 3.63) is 53.2 Å². The molecule has 2 rings (SSSR count). The van der Waals surface area contributed by atoms with Gasteiger partial charge in [-0.2, -0.15) is 0 Å². The van der Waals surface area contributed by atoms with Gasteiger partial charge in [0.05, 0.1) is 7.11 Å². The second-order valence-corrected chi connectivity index (χ2v) is 4.46. The van der Waals surface area contributed by atoms with Crippen LogP contribution < -0.4 is 15.8 Å². The maximum atomic E-state index is 11.1. The van der Waals surface area contributed by atoms with Crippen molar-refractivity contribution in [1.82, 2.24) is 4.98 Å². The van der Waals surface area contributed by atoms with Crippen LogP contribution >= 0.6 is 0 Å². The average molecular weight is 271 g/mol. The van der Waals surface area contributed by atoms with Crippen LogP contribution in [-0.2, 0) is 6.54 Å². The van der Waals surface area contributed by atoms with E-state index in [1.165, 1.54) is 0 Å². The Bertz CT molecular complexity index is 609. The predicted molar refractivity (Wildman–Crippen MR) is 77.8 cm³/mol. The average Bonchev–Trinajstić information content (AvgIpc) is 2.46. The molecule has 3 N–H and O–H groups in total. The lowest BCUT2D eigenvalue weighted by atomic mass is 10.1. The Hall–Kier alpha value is -2.56. The Kier molecular flexibility index (Phi) is 4.20. The van der Waals surface area contributed by atoms with Crippen LogP contribution in [0.15, 0.2) is 36.5 Å². The Morgan fingerprint density at radius 2 is 2.15 bits per heavy atom. The molecule has 0 saturated carbocycles. The number of primary amides is 1. The quantitative estimate of drug-likeness (QED) is 0.873. The van der Waals surface area contributed by atoms with E-state index in [-0.39, 0.29) is 0 Å². The van der Waals surface area contributed by atoms with Crippen molar-refractivity contribution in [2.75, 3.05) is 12.4 Å². The number of nitrogens with two attached hydrogens (primary N) is 1. The van der Waals surface area contributed by atoms with Crippen LogP contribution in [0.3, 0.4) is 0 Å². The number of aromatic nitrogens is 1. The molecule has 5 heteroatoms. The Balaban J connectivity index is 2.04. The molecule has 0 aliphatic carbocycles. The van der Waals surface area contributed by atoms with Gasteiger partial charge >= 0.3 is 0 Å². The molecule has 0 saturated heterocycles. The number of amides is 1. The molecule has 0 spiro atoms. The molecule has 20 heavy (non-hydrogen) atoms. The van der Waals surface area contributed by atoms with Gasteiger partial charge in [-0.25, -0.2) is 4.98 Å². The molecular formula is C15H17N3O2. The molecule has 1 aromatic heterocycles. The maximum absolute atomic E-state index is 11.1. The Morgan fingerprint density at radius 3 is 2.70 bits per heavy atom. The van der Waals surface area contributed by atoms with Crippen LogP contribution in [0, 0.1) is 6.92 Å². The zero-order chi connectivity index (χ0) is 14.5. The molecular weight excluding hydrogens is 254 g/mol. The van der Waals surface area contributed by atoms with Gasteiger partial charge in [-0.3, -0.25) is 4.79 Å². The first-order valence-corrected chi connectivity index (χ1v) is 6.23. The van der Waals surface area contributed by atoms with E-state index in [1.807, 2.05) is 25.1 Å². The summed E-state index contributed by atoms with van der Waals surface area (Å²) in [5.41, 5.74) is 8.74. The van der Waals surface area contributed by atoms with Gasteiger partial charge < -0.3 is 15.8 Å². The summed E-state index contributed by atoms with van der Waals surface area (Å²) in [5.74, 6) is 0.176. The van der Waals surface area contributed by atoms with Crippen molar-refractivity contribution in [1.29, 1.82) is 0 Å². The number of hydrogen-bond acceptors (Lipinski definition) is 4. The number of carbonyl (C=O) groups is 1. The zero-order valence-corrected chi connectivity index (χ0v) is 11.5. The highest BCUT2D eigenvalue weighted by Crippen LogP contribution is 2.17. The molecule has 5 nitrogen and oxygen atoms in total. The van der Waals surface area contributed by atoms with Gasteiger partial charge in [-0.1, -0.05) is 6.07 Å². The molecule has 104 valence electrons. The maximum Gasteiger partial charge on any atom is 0.248 e. The third-order valence-electron chi connectivity index (χ3n) is 3.00. The van der Waals surface area contributed by atoms with E-state index >= 15 is 0 Å². The fourth-order valence-electron chi connectivity index (χ4n) is 1.85. The Morgan fingerprint density at radius 1 is 1.35 bits per heavy atom. The predicted octanol–water partition coefficient (Wildman–Crippen LogP) is 2.11. The van der Waals surface area contributed by atoms with E-state index in [9.17, 15) is 4.79 Å². The Labute approximate surface area is 117 Å². The van der Waals surface area contributed by atoms with Crippen LogP contribution in [0.4, 0.5) is 5.69 Å². The summed E-state index contributed by atoms with van der Waals surface area (Å²) in [5, 5.41) is 3.30.